The summed E-state index contributed by atoms with van der Waals surface area (Å²) in [5.74, 6) is -0.862. The van der Waals surface area contributed by atoms with Crippen molar-refractivity contribution in [2.45, 2.75) is 32.7 Å². The van der Waals surface area contributed by atoms with Gasteiger partial charge < -0.3 is 10.1 Å². The fraction of sp³-hybridized carbons (Fsp3) is 0.429. The molecule has 29 heavy (non-hydrogen) atoms. The minimum Gasteiger partial charge on any atom is -0.381 e. The molecule has 1 atom stereocenters. The van der Waals surface area contributed by atoms with Crippen LogP contribution >= 0.6 is 15.9 Å². The number of benzene rings is 1. The van der Waals surface area contributed by atoms with Gasteiger partial charge in [0.15, 0.2) is 0 Å². The number of carbonyl (C=O) groups excluding carboxylic acids is 2. The summed E-state index contributed by atoms with van der Waals surface area (Å²) in [6.45, 7) is 5.35. The zero-order valence-corrected chi connectivity index (χ0v) is 18.0. The number of rotatable bonds is 4. The van der Waals surface area contributed by atoms with E-state index in [9.17, 15) is 9.59 Å². The highest BCUT2D eigenvalue weighted by atomic mass is 79.9. The second kappa shape index (κ2) is 8.20. The SMILES string of the molecule is CC1=CC(C)=NC(=O)C1CNC(=O)c1cc(Br)cc2c1cnn2C1CCOCC1. The third-order valence-corrected chi connectivity index (χ3v) is 5.96. The monoisotopic (exact) mass is 458 g/mol. The third-order valence-electron chi connectivity index (χ3n) is 5.50. The Bertz CT molecular complexity index is 1030. The normalized spacial score (nSPS) is 20.5. The van der Waals surface area contributed by atoms with Crippen LogP contribution in [0.3, 0.4) is 0 Å². The van der Waals surface area contributed by atoms with Gasteiger partial charge in [-0.15, -0.1) is 0 Å². The van der Waals surface area contributed by atoms with Crippen molar-refractivity contribution in [3.63, 3.8) is 0 Å². The number of fused-ring (bicyclic) bond motifs is 1. The van der Waals surface area contributed by atoms with E-state index in [-0.39, 0.29) is 24.4 Å². The first-order valence-corrected chi connectivity index (χ1v) is 10.5. The molecular weight excluding hydrogens is 436 g/mol. The Morgan fingerprint density at radius 2 is 2.07 bits per heavy atom. The number of dihydropyridines is 1. The lowest BCUT2D eigenvalue weighted by atomic mass is 9.95. The molecular formula is C21H23BrN4O3. The summed E-state index contributed by atoms with van der Waals surface area (Å²) < 4.78 is 8.26. The minimum absolute atomic E-state index is 0.213. The second-order valence-electron chi connectivity index (χ2n) is 7.56. The van der Waals surface area contributed by atoms with Crippen molar-refractivity contribution in [3.05, 3.63) is 40.0 Å². The number of nitrogens with zero attached hydrogens (tertiary/aromatic N) is 3. The van der Waals surface area contributed by atoms with Crippen molar-refractivity contribution in [2.24, 2.45) is 10.9 Å². The van der Waals surface area contributed by atoms with Crippen LogP contribution < -0.4 is 5.32 Å². The van der Waals surface area contributed by atoms with E-state index in [1.807, 2.05) is 23.7 Å². The predicted octanol–water partition coefficient (Wildman–Crippen LogP) is 3.44. The lowest BCUT2D eigenvalue weighted by Gasteiger charge is -2.23. The highest BCUT2D eigenvalue weighted by Crippen LogP contribution is 2.30. The molecule has 3 heterocycles. The number of aromatic nitrogens is 2. The molecule has 2 aliphatic heterocycles. The standard InChI is InChI=1S/C21H23BrN4O3/c1-12-7-13(2)25-21(28)17(12)10-23-20(27)16-8-14(22)9-19-18(16)11-24-26(19)15-3-5-29-6-4-15/h7-9,11,15,17H,3-6,10H2,1-2H3,(H,23,27). The Morgan fingerprint density at radius 1 is 1.31 bits per heavy atom. The molecule has 4 rings (SSSR count). The van der Waals surface area contributed by atoms with Gasteiger partial charge in [0.2, 0.25) is 0 Å². The quantitative estimate of drug-likeness (QED) is 0.759. The molecule has 1 aromatic carbocycles. The van der Waals surface area contributed by atoms with Crippen molar-refractivity contribution in [1.29, 1.82) is 0 Å². The van der Waals surface area contributed by atoms with Gasteiger partial charge in [-0.2, -0.15) is 5.10 Å². The Kier molecular flexibility index (Phi) is 5.65. The van der Waals surface area contributed by atoms with Gasteiger partial charge in [0.25, 0.3) is 11.8 Å². The van der Waals surface area contributed by atoms with Crippen LogP contribution in [0, 0.1) is 5.92 Å². The average Bonchev–Trinajstić information content (AvgIpc) is 3.10. The molecule has 1 N–H and O–H groups in total. The first-order chi connectivity index (χ1) is 13.9. The summed E-state index contributed by atoms with van der Waals surface area (Å²) in [5.41, 5.74) is 3.07. The van der Waals surface area contributed by atoms with E-state index in [0.29, 0.717) is 11.3 Å². The zero-order chi connectivity index (χ0) is 20.5. The number of hydrogen-bond donors (Lipinski definition) is 1. The summed E-state index contributed by atoms with van der Waals surface area (Å²) in [4.78, 5) is 29.2. The van der Waals surface area contributed by atoms with Gasteiger partial charge in [-0.3, -0.25) is 14.3 Å². The molecule has 2 aromatic rings. The number of allylic oxidation sites excluding steroid dienone is 1. The number of nitrogens with one attached hydrogen (secondary N) is 1. The van der Waals surface area contributed by atoms with Gasteiger partial charge in [-0.1, -0.05) is 21.5 Å². The average molecular weight is 459 g/mol. The summed E-state index contributed by atoms with van der Waals surface area (Å²) >= 11 is 3.52. The van der Waals surface area contributed by atoms with Gasteiger partial charge in [0, 0.05) is 35.3 Å². The minimum atomic E-state index is -0.421. The molecule has 152 valence electrons. The molecule has 2 amide bonds. The fourth-order valence-corrected chi connectivity index (χ4v) is 4.41. The van der Waals surface area contributed by atoms with E-state index in [1.54, 1.807) is 19.2 Å². The van der Waals surface area contributed by atoms with Crippen LogP contribution in [0.5, 0.6) is 0 Å². The number of hydrogen-bond acceptors (Lipinski definition) is 4. The Hall–Kier alpha value is -2.32. The Labute approximate surface area is 177 Å². The van der Waals surface area contributed by atoms with E-state index in [1.165, 1.54) is 0 Å². The van der Waals surface area contributed by atoms with Crippen LogP contribution in [0.25, 0.3) is 10.9 Å². The fourth-order valence-electron chi connectivity index (χ4n) is 3.97. The summed E-state index contributed by atoms with van der Waals surface area (Å²) in [5, 5.41) is 8.27. The number of halogens is 1. The molecule has 1 saturated heterocycles. The van der Waals surface area contributed by atoms with E-state index in [2.05, 4.69) is 31.3 Å². The largest absolute Gasteiger partial charge is 0.381 e. The Morgan fingerprint density at radius 3 is 2.79 bits per heavy atom. The van der Waals surface area contributed by atoms with Crippen LogP contribution in [-0.2, 0) is 9.53 Å². The molecule has 7 nitrogen and oxygen atoms in total. The first kappa shape index (κ1) is 20.0. The molecule has 1 aromatic heterocycles. The number of aliphatic imine (C=N–C) groups is 1. The molecule has 1 fully saturated rings. The molecule has 0 spiro atoms. The number of carbonyl (C=O) groups is 2. The van der Waals surface area contributed by atoms with Crippen molar-refractivity contribution in [1.82, 2.24) is 15.1 Å². The maximum absolute atomic E-state index is 13.0. The number of amides is 2. The maximum Gasteiger partial charge on any atom is 0.254 e. The molecule has 0 radical (unpaired) electrons. The molecule has 8 heteroatoms. The Balaban J connectivity index is 1.57. The van der Waals surface area contributed by atoms with E-state index in [0.717, 1.165) is 47.0 Å². The molecule has 0 aliphatic carbocycles. The highest BCUT2D eigenvalue weighted by Gasteiger charge is 2.25. The summed E-state index contributed by atoms with van der Waals surface area (Å²) in [7, 11) is 0. The van der Waals surface area contributed by atoms with Gasteiger partial charge in [0.1, 0.15) is 0 Å². The van der Waals surface area contributed by atoms with Crippen molar-refractivity contribution in [2.75, 3.05) is 19.8 Å². The highest BCUT2D eigenvalue weighted by molar-refractivity contribution is 9.10. The molecule has 0 bridgehead atoms. The summed E-state index contributed by atoms with van der Waals surface area (Å²) in [6.07, 6.45) is 5.44. The first-order valence-electron chi connectivity index (χ1n) is 9.74. The lowest BCUT2D eigenvalue weighted by molar-refractivity contribution is -0.120. The number of ether oxygens (including phenoxy) is 1. The van der Waals surface area contributed by atoms with Crippen molar-refractivity contribution < 1.29 is 14.3 Å². The van der Waals surface area contributed by atoms with E-state index >= 15 is 0 Å². The van der Waals surface area contributed by atoms with Gasteiger partial charge in [-0.25, -0.2) is 4.99 Å². The van der Waals surface area contributed by atoms with Crippen molar-refractivity contribution in [3.8, 4) is 0 Å². The van der Waals surface area contributed by atoms with Gasteiger partial charge in [0.05, 0.1) is 29.2 Å². The maximum atomic E-state index is 13.0. The van der Waals surface area contributed by atoms with Crippen molar-refractivity contribution >= 4 is 44.4 Å². The topological polar surface area (TPSA) is 85.6 Å². The predicted molar refractivity (Wildman–Crippen MR) is 114 cm³/mol. The van der Waals surface area contributed by atoms with Gasteiger partial charge >= 0.3 is 0 Å². The zero-order valence-electron chi connectivity index (χ0n) is 16.4. The van der Waals surface area contributed by atoms with Crippen LogP contribution in [0.1, 0.15) is 43.1 Å². The molecule has 0 saturated carbocycles. The third kappa shape index (κ3) is 4.04. The molecule has 2 aliphatic rings. The summed E-state index contributed by atoms with van der Waals surface area (Å²) in [6, 6.07) is 4.05. The van der Waals surface area contributed by atoms with Gasteiger partial charge in [-0.05, 0) is 44.9 Å². The van der Waals surface area contributed by atoms with Crippen LogP contribution in [0.4, 0.5) is 0 Å². The molecule has 1 unspecified atom stereocenters. The van der Waals surface area contributed by atoms with E-state index < -0.39 is 5.92 Å². The second-order valence-corrected chi connectivity index (χ2v) is 8.48. The van der Waals surface area contributed by atoms with E-state index in [4.69, 9.17) is 4.74 Å². The van der Waals surface area contributed by atoms with Crippen LogP contribution in [0.15, 0.2) is 39.4 Å². The smallest absolute Gasteiger partial charge is 0.254 e. The van der Waals surface area contributed by atoms with Crippen LogP contribution in [-0.4, -0.2) is 47.1 Å². The van der Waals surface area contributed by atoms with Crippen LogP contribution in [0.2, 0.25) is 0 Å². The lowest BCUT2D eigenvalue weighted by Crippen LogP contribution is -2.34.